The summed E-state index contributed by atoms with van der Waals surface area (Å²) in [5, 5.41) is 0.433. The molecule has 1 aliphatic heterocycles. The minimum atomic E-state index is -0.448. The van der Waals surface area contributed by atoms with Gasteiger partial charge in [0.25, 0.3) is 0 Å². The molecule has 1 saturated heterocycles. The number of hydrogen-bond donors (Lipinski definition) is 1. The van der Waals surface area contributed by atoms with Crippen molar-refractivity contribution in [2.45, 2.75) is 57.3 Å². The minimum absolute atomic E-state index is 0.295. The normalized spacial score (nSPS) is 25.8. The van der Waals surface area contributed by atoms with Gasteiger partial charge in [-0.15, -0.1) is 0 Å². The zero-order valence-corrected chi connectivity index (χ0v) is 13.1. The number of aromatic nitrogens is 1. The van der Waals surface area contributed by atoms with E-state index in [2.05, 4.69) is 4.98 Å². The van der Waals surface area contributed by atoms with Crippen LogP contribution in [0, 0.1) is 0 Å². The zero-order chi connectivity index (χ0) is 14.8. The molecule has 1 aromatic rings. The van der Waals surface area contributed by atoms with Crippen molar-refractivity contribution in [3.63, 3.8) is 0 Å². The second-order valence-corrected chi connectivity index (χ2v) is 7.23. The number of nitrogens with zero attached hydrogens (tertiary/aromatic N) is 1. The summed E-state index contributed by atoms with van der Waals surface area (Å²) < 4.78 is 12.2. The van der Waals surface area contributed by atoms with Gasteiger partial charge >= 0.3 is 7.12 Å². The highest BCUT2D eigenvalue weighted by molar-refractivity contribution is 6.63. The van der Waals surface area contributed by atoms with Crippen LogP contribution < -0.4 is 11.2 Å². The van der Waals surface area contributed by atoms with Crippen molar-refractivity contribution >= 4 is 24.2 Å². The van der Waals surface area contributed by atoms with Crippen molar-refractivity contribution in [1.82, 2.24) is 4.98 Å². The molecule has 0 amide bonds. The largest absolute Gasteiger partial charge is 0.495 e. The highest BCUT2D eigenvalue weighted by Gasteiger charge is 2.54. The van der Waals surface area contributed by atoms with Crippen LogP contribution in [0.15, 0.2) is 12.3 Å². The highest BCUT2D eigenvalue weighted by atomic mass is 35.5. The SMILES string of the molecule is CC1(C)OB(c2cc(Cl)ncc2C2(N)CC2)OC1(C)C. The van der Waals surface area contributed by atoms with Crippen LogP contribution in [0.3, 0.4) is 0 Å². The van der Waals surface area contributed by atoms with Gasteiger partial charge in [-0.25, -0.2) is 4.98 Å². The average Bonchev–Trinajstić information content (AvgIpc) is 3.01. The van der Waals surface area contributed by atoms with E-state index in [1.807, 2.05) is 33.8 Å². The summed E-state index contributed by atoms with van der Waals surface area (Å²) in [5.74, 6) is 0. The van der Waals surface area contributed by atoms with Gasteiger partial charge in [0.15, 0.2) is 0 Å². The average molecular weight is 295 g/mol. The molecule has 108 valence electrons. The Morgan fingerprint density at radius 2 is 1.75 bits per heavy atom. The summed E-state index contributed by atoms with van der Waals surface area (Å²) in [6, 6.07) is 1.81. The lowest BCUT2D eigenvalue weighted by atomic mass is 9.74. The molecule has 0 radical (unpaired) electrons. The fourth-order valence-electron chi connectivity index (χ4n) is 2.43. The summed E-state index contributed by atoms with van der Waals surface area (Å²) in [6.45, 7) is 8.13. The second-order valence-electron chi connectivity index (χ2n) is 6.84. The van der Waals surface area contributed by atoms with E-state index in [0.29, 0.717) is 5.15 Å². The van der Waals surface area contributed by atoms with E-state index >= 15 is 0 Å². The fourth-order valence-corrected chi connectivity index (χ4v) is 2.60. The number of nitrogens with two attached hydrogens (primary N) is 1. The molecule has 0 bridgehead atoms. The molecule has 0 unspecified atom stereocenters. The number of pyridine rings is 1. The van der Waals surface area contributed by atoms with Crippen LogP contribution in [-0.2, 0) is 14.8 Å². The van der Waals surface area contributed by atoms with E-state index in [4.69, 9.17) is 26.6 Å². The van der Waals surface area contributed by atoms with Crippen LogP contribution in [0.25, 0.3) is 0 Å². The molecule has 2 heterocycles. The molecular weight excluding hydrogens is 274 g/mol. The Morgan fingerprint density at radius 3 is 2.25 bits per heavy atom. The first kappa shape index (κ1) is 14.3. The van der Waals surface area contributed by atoms with E-state index in [9.17, 15) is 0 Å². The number of hydrogen-bond acceptors (Lipinski definition) is 4. The van der Waals surface area contributed by atoms with Crippen LogP contribution in [0.4, 0.5) is 0 Å². The molecule has 0 spiro atoms. The van der Waals surface area contributed by atoms with Crippen LogP contribution >= 0.6 is 11.6 Å². The van der Waals surface area contributed by atoms with Gasteiger partial charge in [-0.2, -0.15) is 0 Å². The maximum Gasteiger partial charge on any atom is 0.495 e. The predicted molar refractivity (Wildman–Crippen MR) is 80.1 cm³/mol. The van der Waals surface area contributed by atoms with E-state index in [-0.39, 0.29) is 16.7 Å². The molecule has 4 nitrogen and oxygen atoms in total. The molecule has 1 aliphatic carbocycles. The molecule has 2 aliphatic rings. The van der Waals surface area contributed by atoms with Crippen molar-refractivity contribution < 1.29 is 9.31 Å². The van der Waals surface area contributed by atoms with Gasteiger partial charge in [0, 0.05) is 11.7 Å². The molecule has 6 heteroatoms. The molecule has 0 aromatic carbocycles. The van der Waals surface area contributed by atoms with Gasteiger partial charge in [-0.05, 0) is 57.6 Å². The third kappa shape index (κ3) is 2.17. The van der Waals surface area contributed by atoms with Gasteiger partial charge in [0.05, 0.1) is 11.2 Å². The topological polar surface area (TPSA) is 57.4 Å². The van der Waals surface area contributed by atoms with E-state index < -0.39 is 7.12 Å². The van der Waals surface area contributed by atoms with Gasteiger partial charge < -0.3 is 15.0 Å². The predicted octanol–water partition coefficient (Wildman–Crippen LogP) is 1.98. The molecule has 1 saturated carbocycles. The summed E-state index contributed by atoms with van der Waals surface area (Å²) in [5.41, 5.74) is 7.17. The van der Waals surface area contributed by atoms with Crippen LogP contribution in [0.1, 0.15) is 46.1 Å². The molecule has 1 aromatic heterocycles. The molecule has 3 rings (SSSR count). The highest BCUT2D eigenvalue weighted by Crippen LogP contribution is 2.43. The Labute approximate surface area is 125 Å². The van der Waals surface area contributed by atoms with E-state index in [1.54, 1.807) is 6.20 Å². The third-order valence-electron chi connectivity index (χ3n) is 4.73. The van der Waals surface area contributed by atoms with Crippen LogP contribution in [0.2, 0.25) is 5.15 Å². The lowest BCUT2D eigenvalue weighted by molar-refractivity contribution is 0.00578. The minimum Gasteiger partial charge on any atom is -0.399 e. The Kier molecular flexibility index (Phi) is 3.01. The Hall–Kier alpha value is -0.615. The number of rotatable bonds is 2. The summed E-state index contributed by atoms with van der Waals surface area (Å²) in [4.78, 5) is 4.16. The lowest BCUT2D eigenvalue weighted by Crippen LogP contribution is -2.41. The Balaban J connectivity index is 2.01. The second kappa shape index (κ2) is 4.20. The maximum atomic E-state index is 6.33. The third-order valence-corrected chi connectivity index (χ3v) is 4.94. The monoisotopic (exact) mass is 294 g/mol. The standard InChI is InChI=1S/C14H20BClN2O2/c1-12(2)13(3,4)20-15(19-12)10-7-11(16)18-8-9(10)14(17)5-6-14/h7-8H,5-6,17H2,1-4H3. The molecule has 2 N–H and O–H groups in total. The van der Waals surface area contributed by atoms with Gasteiger partial charge in [-0.1, -0.05) is 11.6 Å². The molecular formula is C14H20BClN2O2. The smallest absolute Gasteiger partial charge is 0.399 e. The summed E-state index contributed by atoms with van der Waals surface area (Å²) in [7, 11) is -0.448. The quantitative estimate of drug-likeness (QED) is 0.669. The summed E-state index contributed by atoms with van der Waals surface area (Å²) >= 11 is 6.04. The Morgan fingerprint density at radius 1 is 1.20 bits per heavy atom. The van der Waals surface area contributed by atoms with E-state index in [1.165, 1.54) is 0 Å². The first-order valence-corrected chi connectivity index (χ1v) is 7.33. The molecule has 20 heavy (non-hydrogen) atoms. The van der Waals surface area contributed by atoms with Crippen molar-refractivity contribution in [3.8, 4) is 0 Å². The van der Waals surface area contributed by atoms with Crippen molar-refractivity contribution in [1.29, 1.82) is 0 Å². The van der Waals surface area contributed by atoms with Gasteiger partial charge in [0.2, 0.25) is 0 Å². The van der Waals surface area contributed by atoms with Gasteiger partial charge in [-0.3, -0.25) is 0 Å². The van der Waals surface area contributed by atoms with Crippen molar-refractivity contribution in [2.24, 2.45) is 5.73 Å². The summed E-state index contributed by atoms with van der Waals surface area (Å²) in [6.07, 6.45) is 3.68. The molecule has 0 atom stereocenters. The maximum absolute atomic E-state index is 6.33. The first-order valence-electron chi connectivity index (χ1n) is 6.95. The van der Waals surface area contributed by atoms with Crippen LogP contribution in [-0.4, -0.2) is 23.3 Å². The lowest BCUT2D eigenvalue weighted by Gasteiger charge is -2.32. The first-order chi connectivity index (χ1) is 9.15. The van der Waals surface area contributed by atoms with Gasteiger partial charge in [0.1, 0.15) is 5.15 Å². The molecule has 2 fully saturated rings. The number of halogens is 1. The van der Waals surface area contributed by atoms with E-state index in [0.717, 1.165) is 23.9 Å². The fraction of sp³-hybridized carbons (Fsp3) is 0.643. The Bertz CT molecular complexity index is 542. The van der Waals surface area contributed by atoms with Crippen molar-refractivity contribution in [2.75, 3.05) is 0 Å². The van der Waals surface area contributed by atoms with Crippen LogP contribution in [0.5, 0.6) is 0 Å². The van der Waals surface area contributed by atoms with Crippen molar-refractivity contribution in [3.05, 3.63) is 23.0 Å². The zero-order valence-electron chi connectivity index (χ0n) is 12.4.